The number of fused-ring (bicyclic) bond motifs is 3. The molecule has 1 aliphatic carbocycles. The van der Waals surface area contributed by atoms with Gasteiger partial charge in [0.2, 0.25) is 0 Å². The number of halogens is 2. The SMILES string of the molecule is O=C(O)C1(C2NCCc3c2[nH]c2ccc(Cl)c(Cl)c32)CCC1. The number of hydrogen-bond acceptors (Lipinski definition) is 2. The first-order valence-corrected chi connectivity index (χ1v) is 8.25. The van der Waals surface area contributed by atoms with Crippen LogP contribution in [0.15, 0.2) is 12.1 Å². The summed E-state index contributed by atoms with van der Waals surface area (Å²) < 4.78 is 0. The molecule has 116 valence electrons. The first-order chi connectivity index (χ1) is 10.5. The first kappa shape index (κ1) is 14.4. The van der Waals surface area contributed by atoms with Gasteiger partial charge in [0, 0.05) is 16.6 Å². The second-order valence-electron chi connectivity index (χ2n) is 6.25. The van der Waals surface area contributed by atoms with Crippen molar-refractivity contribution in [2.75, 3.05) is 6.54 Å². The number of aromatic amines is 1. The van der Waals surface area contributed by atoms with Crippen molar-refractivity contribution in [3.63, 3.8) is 0 Å². The zero-order chi connectivity index (χ0) is 15.5. The summed E-state index contributed by atoms with van der Waals surface area (Å²) in [4.78, 5) is 15.2. The van der Waals surface area contributed by atoms with E-state index in [0.29, 0.717) is 22.9 Å². The van der Waals surface area contributed by atoms with Crippen LogP contribution in [0.25, 0.3) is 10.9 Å². The van der Waals surface area contributed by atoms with Gasteiger partial charge in [0.25, 0.3) is 0 Å². The van der Waals surface area contributed by atoms with Crippen molar-refractivity contribution in [2.24, 2.45) is 5.41 Å². The molecule has 0 bridgehead atoms. The van der Waals surface area contributed by atoms with E-state index < -0.39 is 11.4 Å². The van der Waals surface area contributed by atoms with Crippen molar-refractivity contribution >= 4 is 40.1 Å². The molecule has 6 heteroatoms. The van der Waals surface area contributed by atoms with E-state index in [1.54, 1.807) is 6.07 Å². The lowest BCUT2D eigenvalue weighted by molar-refractivity contribution is -0.158. The fourth-order valence-electron chi connectivity index (χ4n) is 3.91. The number of hydrogen-bond donors (Lipinski definition) is 3. The van der Waals surface area contributed by atoms with Crippen molar-refractivity contribution < 1.29 is 9.90 Å². The van der Waals surface area contributed by atoms with E-state index in [1.165, 1.54) is 0 Å². The third-order valence-corrected chi connectivity index (χ3v) is 6.03. The van der Waals surface area contributed by atoms with Gasteiger partial charge in [-0.1, -0.05) is 29.6 Å². The maximum absolute atomic E-state index is 11.8. The van der Waals surface area contributed by atoms with E-state index in [1.807, 2.05) is 6.07 Å². The van der Waals surface area contributed by atoms with Gasteiger partial charge in [-0.05, 0) is 43.5 Å². The van der Waals surface area contributed by atoms with Crippen molar-refractivity contribution in [3.8, 4) is 0 Å². The maximum atomic E-state index is 11.8. The zero-order valence-corrected chi connectivity index (χ0v) is 13.4. The van der Waals surface area contributed by atoms with Gasteiger partial charge in [-0.15, -0.1) is 0 Å². The molecule has 2 heterocycles. The minimum atomic E-state index is -0.716. The summed E-state index contributed by atoms with van der Waals surface area (Å²) in [5.74, 6) is -0.716. The Kier molecular flexibility index (Phi) is 3.19. The molecule has 0 spiro atoms. The third kappa shape index (κ3) is 1.78. The normalized spacial score (nSPS) is 23.1. The van der Waals surface area contributed by atoms with Crippen LogP contribution in [0.1, 0.15) is 36.6 Å². The topological polar surface area (TPSA) is 65.1 Å². The van der Waals surface area contributed by atoms with E-state index in [4.69, 9.17) is 23.2 Å². The van der Waals surface area contributed by atoms with Crippen LogP contribution < -0.4 is 5.32 Å². The molecule has 4 nitrogen and oxygen atoms in total. The fourth-order valence-corrected chi connectivity index (χ4v) is 4.35. The number of H-pyrrole nitrogens is 1. The molecule has 0 saturated heterocycles. The highest BCUT2D eigenvalue weighted by molar-refractivity contribution is 6.45. The van der Waals surface area contributed by atoms with Crippen LogP contribution in [0.5, 0.6) is 0 Å². The lowest BCUT2D eigenvalue weighted by Gasteiger charge is -2.45. The minimum Gasteiger partial charge on any atom is -0.481 e. The van der Waals surface area contributed by atoms with Crippen molar-refractivity contribution in [1.82, 2.24) is 10.3 Å². The molecule has 2 aliphatic rings. The molecular formula is C16H16Cl2N2O2. The number of nitrogens with one attached hydrogen (secondary N) is 2. The monoisotopic (exact) mass is 338 g/mol. The highest BCUT2D eigenvalue weighted by Gasteiger charge is 2.53. The van der Waals surface area contributed by atoms with Crippen LogP contribution in [-0.4, -0.2) is 22.6 Å². The molecule has 1 atom stereocenters. The Morgan fingerprint density at radius 3 is 2.73 bits per heavy atom. The predicted molar refractivity (Wildman–Crippen MR) is 86.7 cm³/mol. The van der Waals surface area contributed by atoms with E-state index in [2.05, 4.69) is 10.3 Å². The number of benzene rings is 1. The quantitative estimate of drug-likeness (QED) is 0.777. The zero-order valence-electron chi connectivity index (χ0n) is 11.9. The smallest absolute Gasteiger partial charge is 0.311 e. The van der Waals surface area contributed by atoms with Crippen LogP contribution in [0.3, 0.4) is 0 Å². The molecule has 0 amide bonds. The average molecular weight is 339 g/mol. The van der Waals surface area contributed by atoms with Gasteiger partial charge in [0.1, 0.15) is 0 Å². The molecule has 1 unspecified atom stereocenters. The number of carbonyl (C=O) groups is 1. The molecule has 3 N–H and O–H groups in total. The van der Waals surface area contributed by atoms with Gasteiger partial charge < -0.3 is 15.4 Å². The Labute approximate surface area is 137 Å². The molecule has 1 aromatic heterocycles. The van der Waals surface area contributed by atoms with Crippen molar-refractivity contribution in [1.29, 1.82) is 0 Å². The second-order valence-corrected chi connectivity index (χ2v) is 7.04. The summed E-state index contributed by atoms with van der Waals surface area (Å²) in [7, 11) is 0. The second kappa shape index (κ2) is 4.88. The number of aromatic nitrogens is 1. The van der Waals surface area contributed by atoms with Crippen LogP contribution >= 0.6 is 23.2 Å². The van der Waals surface area contributed by atoms with Gasteiger partial charge in [0.15, 0.2) is 0 Å². The van der Waals surface area contributed by atoms with Crippen LogP contribution in [0.2, 0.25) is 10.0 Å². The molecule has 2 aromatic rings. The van der Waals surface area contributed by atoms with E-state index >= 15 is 0 Å². The highest BCUT2D eigenvalue weighted by Crippen LogP contribution is 2.52. The maximum Gasteiger partial charge on any atom is 0.311 e. The summed E-state index contributed by atoms with van der Waals surface area (Å²) in [5, 5.41) is 15.2. The number of aliphatic carboxylic acids is 1. The summed E-state index contributed by atoms with van der Waals surface area (Å²) in [6.07, 6.45) is 3.21. The van der Waals surface area contributed by atoms with E-state index in [9.17, 15) is 9.90 Å². The van der Waals surface area contributed by atoms with Gasteiger partial charge in [0.05, 0.1) is 21.5 Å². The van der Waals surface area contributed by atoms with Crippen molar-refractivity contribution in [2.45, 2.75) is 31.7 Å². The highest BCUT2D eigenvalue weighted by atomic mass is 35.5. The molecule has 22 heavy (non-hydrogen) atoms. The summed E-state index contributed by atoms with van der Waals surface area (Å²) in [5.41, 5.74) is 2.30. The van der Waals surface area contributed by atoms with Gasteiger partial charge in [-0.3, -0.25) is 4.79 Å². The van der Waals surface area contributed by atoms with Crippen LogP contribution in [0, 0.1) is 5.41 Å². The minimum absolute atomic E-state index is 0.190. The van der Waals surface area contributed by atoms with Gasteiger partial charge in [-0.2, -0.15) is 0 Å². The Morgan fingerprint density at radius 1 is 1.32 bits per heavy atom. The molecule has 1 aromatic carbocycles. The molecule has 4 rings (SSSR count). The fraction of sp³-hybridized carbons (Fsp3) is 0.438. The van der Waals surface area contributed by atoms with E-state index in [0.717, 1.165) is 41.5 Å². The van der Waals surface area contributed by atoms with Crippen LogP contribution in [-0.2, 0) is 11.2 Å². The number of carboxylic acids is 1. The lowest BCUT2D eigenvalue weighted by atomic mass is 9.62. The first-order valence-electron chi connectivity index (χ1n) is 7.50. The molecular weight excluding hydrogens is 323 g/mol. The summed E-state index contributed by atoms with van der Waals surface area (Å²) >= 11 is 12.5. The largest absolute Gasteiger partial charge is 0.481 e. The van der Waals surface area contributed by atoms with Crippen LogP contribution in [0.4, 0.5) is 0 Å². The summed E-state index contributed by atoms with van der Waals surface area (Å²) in [6, 6.07) is 3.49. The predicted octanol–water partition coefficient (Wildman–Crippen LogP) is 3.92. The average Bonchev–Trinajstić information content (AvgIpc) is 2.81. The number of rotatable bonds is 2. The Morgan fingerprint density at radius 2 is 2.09 bits per heavy atom. The number of carboxylic acid groups (broad SMARTS) is 1. The molecule has 1 aliphatic heterocycles. The molecule has 1 saturated carbocycles. The van der Waals surface area contributed by atoms with E-state index in [-0.39, 0.29) is 6.04 Å². The Hall–Kier alpha value is -1.23. The Balaban J connectivity index is 1.92. The summed E-state index contributed by atoms with van der Waals surface area (Å²) in [6.45, 7) is 0.752. The Bertz CT molecular complexity index is 780. The lowest BCUT2D eigenvalue weighted by Crippen LogP contribution is -2.50. The van der Waals surface area contributed by atoms with Crippen molar-refractivity contribution in [3.05, 3.63) is 33.4 Å². The molecule has 1 fully saturated rings. The third-order valence-electron chi connectivity index (χ3n) is 5.23. The molecule has 0 radical (unpaired) electrons. The standard InChI is InChI=1S/C16H16Cl2N2O2/c17-9-2-3-10-11(12(9)18)8-4-7-19-14(13(8)20-10)16(15(21)22)5-1-6-16/h2-3,14,19-20H,1,4-7H2,(H,21,22). The van der Waals surface area contributed by atoms with Gasteiger partial charge >= 0.3 is 5.97 Å². The van der Waals surface area contributed by atoms with Gasteiger partial charge in [-0.25, -0.2) is 0 Å².